The van der Waals surface area contributed by atoms with Crippen LogP contribution in [0.4, 0.5) is 11.4 Å². The highest BCUT2D eigenvalue weighted by molar-refractivity contribution is 8.14. The summed E-state index contributed by atoms with van der Waals surface area (Å²) in [7, 11) is 0. The summed E-state index contributed by atoms with van der Waals surface area (Å²) in [4.78, 5) is 12.0. The Morgan fingerprint density at radius 1 is 1.53 bits per heavy atom. The van der Waals surface area contributed by atoms with Gasteiger partial charge in [-0.2, -0.15) is 0 Å². The van der Waals surface area contributed by atoms with Gasteiger partial charge < -0.3 is 4.90 Å². The second-order valence-corrected chi connectivity index (χ2v) is 4.72. The van der Waals surface area contributed by atoms with Crippen molar-refractivity contribution in [3.63, 3.8) is 0 Å². The molecule has 92 valence electrons. The zero-order valence-electron chi connectivity index (χ0n) is 8.55. The topological polar surface area (TPSA) is 70.2 Å². The van der Waals surface area contributed by atoms with Crippen molar-refractivity contribution in [2.24, 2.45) is 0 Å². The maximum absolute atomic E-state index is 10.9. The van der Waals surface area contributed by atoms with Crippen molar-refractivity contribution in [3.05, 3.63) is 33.3 Å². The predicted octanol–water partition coefficient (Wildman–Crippen LogP) is 3.16. The van der Waals surface area contributed by atoms with Crippen LogP contribution in [0.25, 0.3) is 0 Å². The third-order valence-electron chi connectivity index (χ3n) is 2.22. The second kappa shape index (κ2) is 5.57. The second-order valence-electron chi connectivity index (χ2n) is 3.20. The molecule has 1 heterocycles. The van der Waals surface area contributed by atoms with Gasteiger partial charge >= 0.3 is 0 Å². The van der Waals surface area contributed by atoms with Crippen LogP contribution >= 0.6 is 35.8 Å². The van der Waals surface area contributed by atoms with Crippen molar-refractivity contribution in [2.75, 3.05) is 17.2 Å². The van der Waals surface area contributed by atoms with E-state index in [1.165, 1.54) is 17.8 Å². The molecule has 1 fully saturated rings. The molecule has 0 aromatic heterocycles. The molecular formula is C9H9Cl2N3O2S. The zero-order valence-corrected chi connectivity index (χ0v) is 10.9. The largest absolute Gasteiger partial charge is 0.315 e. The standard InChI is InChI=1S/C9H8ClN3O2S.ClH/c10-6-1-2-7(8(5-6)13(14)15)12-3-4-16-9(12)11;/h1-2,5,11H,3-4H2;1H. The van der Waals surface area contributed by atoms with Crippen molar-refractivity contribution in [1.29, 1.82) is 5.41 Å². The molecule has 8 heteroatoms. The van der Waals surface area contributed by atoms with Crippen molar-refractivity contribution in [3.8, 4) is 0 Å². The maximum Gasteiger partial charge on any atom is 0.294 e. The number of hydrogen-bond donors (Lipinski definition) is 1. The molecule has 17 heavy (non-hydrogen) atoms. The number of rotatable bonds is 2. The number of nitrogens with one attached hydrogen (secondary N) is 1. The third kappa shape index (κ3) is 2.83. The van der Waals surface area contributed by atoms with Crippen molar-refractivity contribution in [2.45, 2.75) is 0 Å². The van der Waals surface area contributed by atoms with Crippen LogP contribution in [0.1, 0.15) is 0 Å². The van der Waals surface area contributed by atoms with Crippen LogP contribution in [0.3, 0.4) is 0 Å². The molecule has 1 aromatic carbocycles. The molecule has 2 rings (SSSR count). The van der Waals surface area contributed by atoms with E-state index in [0.717, 1.165) is 5.75 Å². The number of anilines is 1. The van der Waals surface area contributed by atoms with E-state index in [4.69, 9.17) is 17.0 Å². The number of halogens is 2. The molecule has 1 aromatic rings. The van der Waals surface area contributed by atoms with Crippen LogP contribution < -0.4 is 4.90 Å². The Kier molecular flexibility index (Phi) is 4.62. The van der Waals surface area contributed by atoms with Crippen LogP contribution in [0.15, 0.2) is 18.2 Å². The first kappa shape index (κ1) is 14.1. The highest BCUT2D eigenvalue weighted by Crippen LogP contribution is 2.34. The molecule has 0 amide bonds. The molecule has 0 aliphatic carbocycles. The number of amidine groups is 1. The van der Waals surface area contributed by atoms with Gasteiger partial charge in [0.05, 0.1) is 4.92 Å². The van der Waals surface area contributed by atoms with E-state index in [0.29, 0.717) is 22.4 Å². The summed E-state index contributed by atoms with van der Waals surface area (Å²) in [5, 5.41) is 19.2. The van der Waals surface area contributed by atoms with Crippen molar-refractivity contribution in [1.82, 2.24) is 0 Å². The lowest BCUT2D eigenvalue weighted by atomic mass is 10.2. The minimum absolute atomic E-state index is 0. The van der Waals surface area contributed by atoms with E-state index in [1.807, 2.05) is 0 Å². The third-order valence-corrected chi connectivity index (χ3v) is 3.34. The summed E-state index contributed by atoms with van der Waals surface area (Å²) in [6.07, 6.45) is 0. The van der Waals surface area contributed by atoms with E-state index >= 15 is 0 Å². The van der Waals surface area contributed by atoms with Gasteiger partial charge in [-0.15, -0.1) is 12.4 Å². The molecule has 0 atom stereocenters. The van der Waals surface area contributed by atoms with E-state index in [9.17, 15) is 10.1 Å². The summed E-state index contributed by atoms with van der Waals surface area (Å²) >= 11 is 7.10. The van der Waals surface area contributed by atoms with Gasteiger partial charge in [0.15, 0.2) is 5.17 Å². The highest BCUT2D eigenvalue weighted by atomic mass is 35.5. The number of thioether (sulfide) groups is 1. The van der Waals surface area contributed by atoms with Gasteiger partial charge in [0, 0.05) is 23.4 Å². The van der Waals surface area contributed by atoms with Gasteiger partial charge in [-0.05, 0) is 12.1 Å². The summed E-state index contributed by atoms with van der Waals surface area (Å²) in [5.74, 6) is 0.776. The molecular weight excluding hydrogens is 285 g/mol. The van der Waals surface area contributed by atoms with Gasteiger partial charge in [-0.3, -0.25) is 15.5 Å². The average molecular weight is 294 g/mol. The lowest BCUT2D eigenvalue weighted by molar-refractivity contribution is -0.384. The first-order valence-electron chi connectivity index (χ1n) is 4.52. The molecule has 0 saturated carbocycles. The Morgan fingerprint density at radius 3 is 2.76 bits per heavy atom. The van der Waals surface area contributed by atoms with Crippen molar-refractivity contribution >= 4 is 52.3 Å². The Hall–Kier alpha value is -0.980. The molecule has 1 aliphatic heterocycles. The zero-order chi connectivity index (χ0) is 11.7. The SMILES string of the molecule is Cl.N=C1SCCN1c1ccc(Cl)cc1[N+](=O)[O-]. The van der Waals surface area contributed by atoms with Crippen LogP contribution in [-0.4, -0.2) is 22.4 Å². The van der Waals surface area contributed by atoms with Crippen LogP contribution in [0.5, 0.6) is 0 Å². The number of nitro benzene ring substituents is 1. The normalized spacial score (nSPS) is 14.6. The number of hydrogen-bond acceptors (Lipinski definition) is 4. The summed E-state index contributed by atoms with van der Waals surface area (Å²) in [6.45, 7) is 0.617. The highest BCUT2D eigenvalue weighted by Gasteiger charge is 2.26. The van der Waals surface area contributed by atoms with E-state index in [2.05, 4.69) is 0 Å². The maximum atomic E-state index is 10.9. The number of benzene rings is 1. The lowest BCUT2D eigenvalue weighted by Crippen LogP contribution is -2.23. The molecule has 1 saturated heterocycles. The van der Waals surface area contributed by atoms with Crippen molar-refractivity contribution < 1.29 is 4.92 Å². The molecule has 1 aliphatic rings. The molecule has 0 unspecified atom stereocenters. The minimum Gasteiger partial charge on any atom is -0.315 e. The quantitative estimate of drug-likeness (QED) is 0.672. The predicted molar refractivity (Wildman–Crippen MR) is 72.9 cm³/mol. The molecule has 1 N–H and O–H groups in total. The van der Waals surface area contributed by atoms with Crippen LogP contribution in [0.2, 0.25) is 5.02 Å². The first-order chi connectivity index (χ1) is 7.59. The number of nitro groups is 1. The first-order valence-corrected chi connectivity index (χ1v) is 5.89. The molecule has 0 radical (unpaired) electrons. The van der Waals surface area contributed by atoms with Gasteiger partial charge in [0.2, 0.25) is 0 Å². The summed E-state index contributed by atoms with van der Waals surface area (Å²) < 4.78 is 0. The Balaban J connectivity index is 0.00000144. The Bertz CT molecular complexity index is 470. The molecule has 5 nitrogen and oxygen atoms in total. The van der Waals surface area contributed by atoms with Gasteiger partial charge in [0.25, 0.3) is 5.69 Å². The molecule has 0 spiro atoms. The average Bonchev–Trinajstić information content (AvgIpc) is 2.64. The number of nitrogens with zero attached hydrogens (tertiary/aromatic N) is 2. The van der Waals surface area contributed by atoms with E-state index in [-0.39, 0.29) is 18.1 Å². The van der Waals surface area contributed by atoms with Crippen LogP contribution in [0, 0.1) is 15.5 Å². The smallest absolute Gasteiger partial charge is 0.294 e. The van der Waals surface area contributed by atoms with Gasteiger partial charge in [0.1, 0.15) is 5.69 Å². The molecule has 0 bridgehead atoms. The Labute approximate surface area is 113 Å². The summed E-state index contributed by atoms with van der Waals surface area (Å²) in [5.41, 5.74) is 0.379. The van der Waals surface area contributed by atoms with Crippen LogP contribution in [-0.2, 0) is 0 Å². The van der Waals surface area contributed by atoms with Gasteiger partial charge in [-0.25, -0.2) is 0 Å². The van der Waals surface area contributed by atoms with E-state index in [1.54, 1.807) is 17.0 Å². The lowest BCUT2D eigenvalue weighted by Gasteiger charge is -2.16. The Morgan fingerprint density at radius 2 is 2.24 bits per heavy atom. The fraction of sp³-hybridized carbons (Fsp3) is 0.222. The summed E-state index contributed by atoms with van der Waals surface area (Å²) in [6, 6.07) is 4.49. The van der Waals surface area contributed by atoms with E-state index < -0.39 is 4.92 Å². The fourth-order valence-corrected chi connectivity index (χ4v) is 2.49. The monoisotopic (exact) mass is 293 g/mol. The fourth-order valence-electron chi connectivity index (χ4n) is 1.51. The minimum atomic E-state index is -0.475. The van der Waals surface area contributed by atoms with Gasteiger partial charge in [-0.1, -0.05) is 23.4 Å².